The van der Waals surface area contributed by atoms with E-state index in [1.165, 1.54) is 6.92 Å². The third kappa shape index (κ3) is 3.21. The Balaban J connectivity index is 3.68. The topological polar surface area (TPSA) is 72.5 Å². The molecule has 1 unspecified atom stereocenters. The molecule has 1 atom stereocenters. The van der Waals surface area contributed by atoms with Crippen molar-refractivity contribution in [2.45, 2.75) is 13.2 Å². The smallest absolute Gasteiger partial charge is 0.335 e. The van der Waals surface area contributed by atoms with Crippen LogP contribution in [0.2, 0.25) is 0 Å². The summed E-state index contributed by atoms with van der Waals surface area (Å²) < 4.78 is 4.35. The lowest BCUT2D eigenvalue weighted by Gasteiger charge is -2.08. The van der Waals surface area contributed by atoms with Gasteiger partial charge < -0.3 is 15.6 Å². The molecule has 0 heterocycles. The van der Waals surface area contributed by atoms with E-state index in [9.17, 15) is 4.79 Å². The van der Waals surface area contributed by atoms with Crippen LogP contribution in [-0.4, -0.2) is 23.9 Å². The fourth-order valence-electron chi connectivity index (χ4n) is 0.272. The van der Waals surface area contributed by atoms with E-state index >= 15 is 0 Å². The normalized spacial score (nSPS) is 12.3. The summed E-state index contributed by atoms with van der Waals surface area (Å²) in [5, 5.41) is 8.67. The summed E-state index contributed by atoms with van der Waals surface area (Å²) in [4.78, 5) is 10.6. The van der Waals surface area contributed by atoms with Crippen LogP contribution in [0.1, 0.15) is 6.92 Å². The van der Waals surface area contributed by atoms with Crippen LogP contribution >= 0.6 is 0 Å². The fraction of sp³-hybridized carbons (Fsp3) is 0.500. The zero-order chi connectivity index (χ0) is 8.15. The minimum Gasteiger partial charge on any atom is -0.431 e. The Bertz CT molecular complexity index is 144. The van der Waals surface area contributed by atoms with E-state index in [0.29, 0.717) is 0 Å². The average molecular weight is 145 g/mol. The van der Waals surface area contributed by atoms with Crippen LogP contribution in [0.25, 0.3) is 0 Å². The summed E-state index contributed by atoms with van der Waals surface area (Å²) in [7, 11) is 0. The minimum atomic E-state index is -1.22. The maximum absolute atomic E-state index is 10.6. The van der Waals surface area contributed by atoms with Crippen molar-refractivity contribution >= 4 is 5.97 Å². The molecule has 0 aromatic carbocycles. The number of carbonyl (C=O) groups excluding carboxylic acids is 1. The van der Waals surface area contributed by atoms with Crippen LogP contribution in [0.15, 0.2) is 12.2 Å². The Labute approximate surface area is 59.3 Å². The molecule has 0 aliphatic carbocycles. The van der Waals surface area contributed by atoms with Crippen molar-refractivity contribution in [3.05, 3.63) is 12.2 Å². The largest absolute Gasteiger partial charge is 0.431 e. The van der Waals surface area contributed by atoms with Gasteiger partial charge in [0, 0.05) is 5.57 Å². The highest BCUT2D eigenvalue weighted by atomic mass is 16.6. The highest BCUT2D eigenvalue weighted by Crippen LogP contribution is 1.94. The molecule has 0 aromatic heterocycles. The Morgan fingerprint density at radius 1 is 1.90 bits per heavy atom. The van der Waals surface area contributed by atoms with E-state index in [-0.39, 0.29) is 12.1 Å². The standard InChI is InChI=1S/C6H11NO3/c1-4(2)6(9)10-5(8)3-7/h5,8H,1,3,7H2,2H3. The Hall–Kier alpha value is -0.870. The van der Waals surface area contributed by atoms with Gasteiger partial charge in [-0.3, -0.25) is 0 Å². The van der Waals surface area contributed by atoms with Gasteiger partial charge in [-0.1, -0.05) is 6.58 Å². The molecule has 0 rings (SSSR count). The lowest BCUT2D eigenvalue weighted by atomic mass is 10.4. The Morgan fingerprint density at radius 3 is 2.70 bits per heavy atom. The van der Waals surface area contributed by atoms with Gasteiger partial charge in [0.05, 0.1) is 6.54 Å². The number of esters is 1. The van der Waals surface area contributed by atoms with Gasteiger partial charge in [0.1, 0.15) is 0 Å². The molecule has 0 aromatic rings. The highest BCUT2D eigenvalue weighted by molar-refractivity contribution is 5.86. The number of aliphatic hydroxyl groups excluding tert-OH is 1. The maximum Gasteiger partial charge on any atom is 0.335 e. The van der Waals surface area contributed by atoms with Crippen molar-refractivity contribution < 1.29 is 14.6 Å². The number of rotatable bonds is 3. The zero-order valence-corrected chi connectivity index (χ0v) is 5.83. The Morgan fingerprint density at radius 2 is 2.40 bits per heavy atom. The molecular formula is C6H11NO3. The highest BCUT2D eigenvalue weighted by Gasteiger charge is 2.08. The number of aliphatic hydroxyl groups is 1. The molecule has 0 bridgehead atoms. The lowest BCUT2D eigenvalue weighted by molar-refractivity contribution is -0.160. The molecule has 0 fully saturated rings. The van der Waals surface area contributed by atoms with Crippen molar-refractivity contribution in [1.82, 2.24) is 0 Å². The minimum absolute atomic E-state index is 0.0982. The second kappa shape index (κ2) is 4.03. The molecule has 3 N–H and O–H groups in total. The lowest BCUT2D eigenvalue weighted by Crippen LogP contribution is -2.26. The van der Waals surface area contributed by atoms with Gasteiger partial charge in [-0.2, -0.15) is 0 Å². The maximum atomic E-state index is 10.6. The molecule has 0 amide bonds. The van der Waals surface area contributed by atoms with E-state index in [0.717, 1.165) is 0 Å². The van der Waals surface area contributed by atoms with Gasteiger partial charge in [0.25, 0.3) is 0 Å². The van der Waals surface area contributed by atoms with Gasteiger partial charge in [0.15, 0.2) is 0 Å². The van der Waals surface area contributed by atoms with Gasteiger partial charge in [-0.25, -0.2) is 4.79 Å². The second-order valence-corrected chi connectivity index (χ2v) is 1.88. The molecule has 10 heavy (non-hydrogen) atoms. The summed E-state index contributed by atoms with van der Waals surface area (Å²) in [5.41, 5.74) is 5.21. The number of nitrogens with two attached hydrogens (primary N) is 1. The number of ether oxygens (including phenoxy) is 1. The molecule has 4 heteroatoms. The van der Waals surface area contributed by atoms with Crippen LogP contribution in [0, 0.1) is 0 Å². The average Bonchev–Trinajstić information content (AvgIpc) is 1.87. The zero-order valence-electron chi connectivity index (χ0n) is 5.83. The van der Waals surface area contributed by atoms with E-state index in [2.05, 4.69) is 11.3 Å². The van der Waals surface area contributed by atoms with Crippen LogP contribution in [-0.2, 0) is 9.53 Å². The molecule has 4 nitrogen and oxygen atoms in total. The monoisotopic (exact) mass is 145 g/mol. The first-order chi connectivity index (χ1) is 4.57. The van der Waals surface area contributed by atoms with Gasteiger partial charge in [-0.15, -0.1) is 0 Å². The summed E-state index contributed by atoms with van der Waals surface area (Å²) >= 11 is 0. The first-order valence-electron chi connectivity index (χ1n) is 2.82. The first-order valence-corrected chi connectivity index (χ1v) is 2.82. The van der Waals surface area contributed by atoms with E-state index in [1.807, 2.05) is 0 Å². The van der Waals surface area contributed by atoms with E-state index in [1.54, 1.807) is 0 Å². The van der Waals surface area contributed by atoms with Gasteiger partial charge >= 0.3 is 5.97 Å². The van der Waals surface area contributed by atoms with E-state index in [4.69, 9.17) is 10.8 Å². The number of hydrogen-bond acceptors (Lipinski definition) is 4. The summed E-state index contributed by atoms with van der Waals surface area (Å²) in [6.07, 6.45) is -1.22. The molecule has 58 valence electrons. The first kappa shape index (κ1) is 9.13. The fourth-order valence-corrected chi connectivity index (χ4v) is 0.272. The quantitative estimate of drug-likeness (QED) is 0.315. The predicted molar refractivity (Wildman–Crippen MR) is 36.0 cm³/mol. The molecule has 0 spiro atoms. The molecule has 0 saturated heterocycles. The summed E-state index contributed by atoms with van der Waals surface area (Å²) in [6, 6.07) is 0. The molecule has 0 saturated carbocycles. The second-order valence-electron chi connectivity index (χ2n) is 1.88. The molecule has 0 aliphatic rings. The third-order valence-corrected chi connectivity index (χ3v) is 0.793. The summed E-state index contributed by atoms with van der Waals surface area (Å²) in [6.45, 7) is 4.71. The van der Waals surface area contributed by atoms with Crippen LogP contribution < -0.4 is 5.73 Å². The summed E-state index contributed by atoms with van der Waals surface area (Å²) in [5.74, 6) is -0.627. The third-order valence-electron chi connectivity index (χ3n) is 0.793. The van der Waals surface area contributed by atoms with Crippen LogP contribution in [0.3, 0.4) is 0 Å². The predicted octanol–water partition coefficient (Wildman–Crippen LogP) is -0.617. The molecule has 0 radical (unpaired) electrons. The van der Waals surface area contributed by atoms with E-state index < -0.39 is 12.3 Å². The van der Waals surface area contributed by atoms with Crippen molar-refractivity contribution in [2.75, 3.05) is 6.54 Å². The number of hydrogen-bond donors (Lipinski definition) is 2. The van der Waals surface area contributed by atoms with Gasteiger partial charge in [0.2, 0.25) is 6.29 Å². The Kier molecular flexibility index (Phi) is 3.68. The SMILES string of the molecule is C=C(C)C(=O)OC(O)CN. The van der Waals surface area contributed by atoms with Crippen LogP contribution in [0.4, 0.5) is 0 Å². The van der Waals surface area contributed by atoms with Crippen molar-refractivity contribution in [3.63, 3.8) is 0 Å². The molecular weight excluding hydrogens is 134 g/mol. The molecule has 0 aliphatic heterocycles. The van der Waals surface area contributed by atoms with Crippen molar-refractivity contribution in [2.24, 2.45) is 5.73 Å². The van der Waals surface area contributed by atoms with Crippen LogP contribution in [0.5, 0.6) is 0 Å². The van der Waals surface area contributed by atoms with Gasteiger partial charge in [-0.05, 0) is 6.92 Å². The van der Waals surface area contributed by atoms with Crippen molar-refractivity contribution in [3.8, 4) is 0 Å². The van der Waals surface area contributed by atoms with Crippen molar-refractivity contribution in [1.29, 1.82) is 0 Å². The number of carbonyl (C=O) groups is 1.